The molecule has 0 radical (unpaired) electrons. The molecule has 2 aromatic rings. The lowest BCUT2D eigenvalue weighted by Crippen LogP contribution is -2.37. The van der Waals surface area contributed by atoms with E-state index < -0.39 is 0 Å². The molecule has 1 saturated heterocycles. The van der Waals surface area contributed by atoms with Crippen molar-refractivity contribution >= 4 is 5.91 Å². The van der Waals surface area contributed by atoms with Crippen LogP contribution in [-0.4, -0.2) is 29.9 Å². The number of rotatable bonds is 9. The molecular formula is C25H31N3O. The van der Waals surface area contributed by atoms with Crippen LogP contribution in [0.2, 0.25) is 0 Å². The van der Waals surface area contributed by atoms with Gasteiger partial charge in [-0.25, -0.2) is 0 Å². The van der Waals surface area contributed by atoms with Crippen molar-refractivity contribution in [3.05, 3.63) is 71.3 Å². The molecule has 0 unspecified atom stereocenters. The van der Waals surface area contributed by atoms with Gasteiger partial charge in [0.05, 0.1) is 6.07 Å². The molecule has 0 bridgehead atoms. The van der Waals surface area contributed by atoms with Crippen molar-refractivity contribution in [2.45, 2.75) is 57.5 Å². The maximum absolute atomic E-state index is 12.6. The molecule has 1 aliphatic rings. The molecule has 3 rings (SSSR count). The van der Waals surface area contributed by atoms with Crippen LogP contribution < -0.4 is 5.32 Å². The lowest BCUT2D eigenvalue weighted by Gasteiger charge is -2.24. The van der Waals surface area contributed by atoms with Gasteiger partial charge in [-0.05, 0) is 43.7 Å². The van der Waals surface area contributed by atoms with Crippen LogP contribution >= 0.6 is 0 Å². The fourth-order valence-electron chi connectivity index (χ4n) is 3.99. The molecule has 1 N–H and O–H groups in total. The normalized spacial score (nSPS) is 17.1. The zero-order valence-electron chi connectivity index (χ0n) is 17.3. The first kappa shape index (κ1) is 21.1. The van der Waals surface area contributed by atoms with Crippen LogP contribution in [0.5, 0.6) is 0 Å². The molecule has 0 aromatic heterocycles. The van der Waals surface area contributed by atoms with Crippen LogP contribution in [0.3, 0.4) is 0 Å². The van der Waals surface area contributed by atoms with Crippen molar-refractivity contribution in [1.82, 2.24) is 10.2 Å². The average Bonchev–Trinajstić information content (AvgIpc) is 3.21. The number of amides is 1. The van der Waals surface area contributed by atoms with Gasteiger partial charge in [-0.1, -0.05) is 60.2 Å². The molecule has 1 amide bonds. The summed E-state index contributed by atoms with van der Waals surface area (Å²) in [6.07, 6.45) is 4.76. The summed E-state index contributed by atoms with van der Waals surface area (Å²) in [7, 11) is 0. The van der Waals surface area contributed by atoms with Gasteiger partial charge in [0, 0.05) is 38.0 Å². The summed E-state index contributed by atoms with van der Waals surface area (Å²) in [5, 5.41) is 12.7. The molecule has 4 nitrogen and oxygen atoms in total. The average molecular weight is 390 g/mol. The maximum atomic E-state index is 12.6. The monoisotopic (exact) mass is 389 g/mol. The van der Waals surface area contributed by atoms with Gasteiger partial charge in [0.2, 0.25) is 5.91 Å². The van der Waals surface area contributed by atoms with E-state index in [0.717, 1.165) is 38.8 Å². The van der Waals surface area contributed by atoms with Crippen molar-refractivity contribution in [1.29, 1.82) is 5.26 Å². The Morgan fingerprint density at radius 1 is 1.21 bits per heavy atom. The van der Waals surface area contributed by atoms with Crippen molar-refractivity contribution in [3.8, 4) is 6.07 Å². The van der Waals surface area contributed by atoms with Gasteiger partial charge in [0.25, 0.3) is 0 Å². The molecule has 29 heavy (non-hydrogen) atoms. The number of hydrogen-bond donors (Lipinski definition) is 1. The van der Waals surface area contributed by atoms with Crippen LogP contribution in [0.15, 0.2) is 54.6 Å². The standard InChI is InChI=1S/C25H31N3O/c1-20-10-13-22(14-11-20)24(9-5-6-17-26)27-23-16-18-28(19-23)25(29)15-12-21-7-3-2-4-8-21/h2-4,7-8,10-11,13-14,23-24,27H,5-6,9,12,15-16,18-19H2,1H3/t23-,24-/m0/s1. The number of hydrogen-bond acceptors (Lipinski definition) is 3. The number of nitrogens with one attached hydrogen (secondary N) is 1. The topological polar surface area (TPSA) is 56.1 Å². The van der Waals surface area contributed by atoms with Crippen LogP contribution in [0, 0.1) is 18.3 Å². The number of aryl methyl sites for hydroxylation is 2. The molecule has 1 aliphatic heterocycles. The molecule has 2 atom stereocenters. The van der Waals surface area contributed by atoms with E-state index in [1.807, 2.05) is 23.1 Å². The van der Waals surface area contributed by atoms with E-state index >= 15 is 0 Å². The number of carbonyl (C=O) groups excluding carboxylic acids is 1. The summed E-state index contributed by atoms with van der Waals surface area (Å²) in [6, 6.07) is 21.6. The van der Waals surface area contributed by atoms with E-state index in [-0.39, 0.29) is 11.9 Å². The maximum Gasteiger partial charge on any atom is 0.222 e. The summed E-state index contributed by atoms with van der Waals surface area (Å²) in [6.45, 7) is 3.69. The van der Waals surface area contributed by atoms with Gasteiger partial charge >= 0.3 is 0 Å². The molecule has 0 saturated carbocycles. The minimum absolute atomic E-state index is 0.230. The predicted molar refractivity (Wildman–Crippen MR) is 116 cm³/mol. The fourth-order valence-corrected chi connectivity index (χ4v) is 3.99. The van der Waals surface area contributed by atoms with Crippen LogP contribution in [0.4, 0.5) is 0 Å². The highest BCUT2D eigenvalue weighted by Gasteiger charge is 2.27. The second-order valence-corrected chi connectivity index (χ2v) is 7.99. The summed E-state index contributed by atoms with van der Waals surface area (Å²) < 4.78 is 0. The summed E-state index contributed by atoms with van der Waals surface area (Å²) in [5.74, 6) is 0.245. The molecule has 4 heteroatoms. The number of carbonyl (C=O) groups is 1. The van der Waals surface area contributed by atoms with Gasteiger partial charge in [-0.3, -0.25) is 4.79 Å². The number of likely N-dealkylation sites (tertiary alicyclic amines) is 1. The second kappa shape index (κ2) is 10.8. The highest BCUT2D eigenvalue weighted by Crippen LogP contribution is 2.23. The Morgan fingerprint density at radius 2 is 1.97 bits per heavy atom. The van der Waals surface area contributed by atoms with Gasteiger partial charge in [-0.15, -0.1) is 0 Å². The van der Waals surface area contributed by atoms with E-state index in [2.05, 4.69) is 54.7 Å². The second-order valence-electron chi connectivity index (χ2n) is 7.99. The molecule has 0 aliphatic carbocycles. The van der Waals surface area contributed by atoms with E-state index in [4.69, 9.17) is 5.26 Å². The van der Waals surface area contributed by atoms with E-state index in [9.17, 15) is 4.79 Å². The molecule has 0 spiro atoms. The van der Waals surface area contributed by atoms with Crippen molar-refractivity contribution < 1.29 is 4.79 Å². The van der Waals surface area contributed by atoms with E-state index in [1.165, 1.54) is 16.7 Å². The highest BCUT2D eigenvalue weighted by atomic mass is 16.2. The number of unbranched alkanes of at least 4 members (excludes halogenated alkanes) is 1. The Morgan fingerprint density at radius 3 is 2.69 bits per heavy atom. The number of nitriles is 1. The quantitative estimate of drug-likeness (QED) is 0.640. The Balaban J connectivity index is 1.53. The molecule has 2 aromatic carbocycles. The van der Waals surface area contributed by atoms with Crippen molar-refractivity contribution in [3.63, 3.8) is 0 Å². The molecule has 1 heterocycles. The van der Waals surface area contributed by atoms with Gasteiger partial charge < -0.3 is 10.2 Å². The smallest absolute Gasteiger partial charge is 0.222 e. The Hall–Kier alpha value is -2.64. The first-order valence-electron chi connectivity index (χ1n) is 10.7. The third kappa shape index (κ3) is 6.44. The Bertz CT molecular complexity index is 810. The predicted octanol–water partition coefficient (Wildman–Crippen LogP) is 4.55. The number of nitrogens with zero attached hydrogens (tertiary/aromatic N) is 2. The molecule has 1 fully saturated rings. The van der Waals surface area contributed by atoms with Gasteiger partial charge in [0.15, 0.2) is 0 Å². The number of benzene rings is 2. The van der Waals surface area contributed by atoms with Gasteiger partial charge in [-0.2, -0.15) is 5.26 Å². The summed E-state index contributed by atoms with van der Waals surface area (Å²) >= 11 is 0. The fraction of sp³-hybridized carbons (Fsp3) is 0.440. The third-order valence-electron chi connectivity index (χ3n) is 5.71. The summed E-state index contributed by atoms with van der Waals surface area (Å²) in [4.78, 5) is 14.6. The first-order chi connectivity index (χ1) is 14.2. The van der Waals surface area contributed by atoms with Crippen LogP contribution in [0.1, 0.15) is 54.8 Å². The lowest BCUT2D eigenvalue weighted by molar-refractivity contribution is -0.130. The van der Waals surface area contributed by atoms with Crippen molar-refractivity contribution in [2.75, 3.05) is 13.1 Å². The largest absolute Gasteiger partial charge is 0.341 e. The van der Waals surface area contributed by atoms with Crippen LogP contribution in [-0.2, 0) is 11.2 Å². The molecule has 152 valence electrons. The van der Waals surface area contributed by atoms with E-state index in [0.29, 0.717) is 18.9 Å². The summed E-state index contributed by atoms with van der Waals surface area (Å²) in [5.41, 5.74) is 3.73. The zero-order valence-corrected chi connectivity index (χ0v) is 17.3. The minimum atomic E-state index is 0.230. The lowest BCUT2D eigenvalue weighted by atomic mass is 9.99. The molecular weight excluding hydrogens is 358 g/mol. The minimum Gasteiger partial charge on any atom is -0.341 e. The Kier molecular flexibility index (Phi) is 7.84. The third-order valence-corrected chi connectivity index (χ3v) is 5.71. The van der Waals surface area contributed by atoms with Crippen LogP contribution in [0.25, 0.3) is 0 Å². The SMILES string of the molecule is Cc1ccc([C@H](CCCC#N)N[C@H]2CCN(C(=O)CCc3ccccc3)C2)cc1. The highest BCUT2D eigenvalue weighted by molar-refractivity contribution is 5.76. The van der Waals surface area contributed by atoms with Gasteiger partial charge in [0.1, 0.15) is 0 Å². The van der Waals surface area contributed by atoms with Crippen molar-refractivity contribution in [2.24, 2.45) is 0 Å². The van der Waals surface area contributed by atoms with E-state index in [1.54, 1.807) is 0 Å². The first-order valence-corrected chi connectivity index (χ1v) is 10.7. The Labute approximate surface area is 174 Å². The zero-order chi connectivity index (χ0) is 20.5.